The zero-order valence-corrected chi connectivity index (χ0v) is 14.5. The van der Waals surface area contributed by atoms with Crippen LogP contribution in [0.5, 0.6) is 0 Å². The molecule has 0 bridgehead atoms. The maximum Gasteiger partial charge on any atom is 0.341 e. The number of likely N-dealkylation sites (N-methyl/N-ethyl adjacent to an activating group) is 2. The van der Waals surface area contributed by atoms with Crippen molar-refractivity contribution in [1.29, 1.82) is 0 Å². The molecule has 0 fully saturated rings. The van der Waals surface area contributed by atoms with Gasteiger partial charge in [-0.2, -0.15) is 0 Å². The molecule has 2 amide bonds. The number of ether oxygens (including phenoxy) is 1. The van der Waals surface area contributed by atoms with E-state index in [0.29, 0.717) is 17.6 Å². The van der Waals surface area contributed by atoms with Gasteiger partial charge >= 0.3 is 5.97 Å². The predicted molar refractivity (Wildman–Crippen MR) is 85.3 cm³/mol. The molecule has 0 heterocycles. The maximum atomic E-state index is 13.6. The quantitative estimate of drug-likeness (QED) is 0.721. The lowest BCUT2D eigenvalue weighted by atomic mass is 10.2. The van der Waals surface area contributed by atoms with Crippen molar-refractivity contribution in [3.63, 3.8) is 0 Å². The second kappa shape index (κ2) is 9.24. The predicted octanol–water partition coefficient (Wildman–Crippen LogP) is 1.73. The highest BCUT2D eigenvalue weighted by Crippen LogP contribution is 2.16. The van der Waals surface area contributed by atoms with Crippen LogP contribution in [0.2, 0.25) is 0 Å². The highest BCUT2D eigenvalue weighted by molar-refractivity contribution is 9.10. The van der Waals surface area contributed by atoms with Gasteiger partial charge in [-0.1, -0.05) is 15.9 Å². The van der Waals surface area contributed by atoms with Crippen molar-refractivity contribution in [3.05, 3.63) is 34.1 Å². The minimum atomic E-state index is -0.933. The molecular weight excluding hydrogens is 371 g/mol. The number of rotatable bonds is 7. The summed E-state index contributed by atoms with van der Waals surface area (Å²) in [4.78, 5) is 36.5. The molecule has 0 saturated heterocycles. The second-order valence-electron chi connectivity index (χ2n) is 4.56. The lowest BCUT2D eigenvalue weighted by Gasteiger charge is -2.20. The number of nitrogens with one attached hydrogen (secondary N) is 1. The fourth-order valence-electron chi connectivity index (χ4n) is 1.75. The molecule has 1 aromatic carbocycles. The van der Waals surface area contributed by atoms with Crippen LogP contribution in [0, 0.1) is 5.82 Å². The number of esters is 1. The van der Waals surface area contributed by atoms with Gasteiger partial charge in [-0.15, -0.1) is 0 Å². The number of carbonyl (C=O) groups is 3. The number of amides is 2. The molecule has 23 heavy (non-hydrogen) atoms. The molecule has 0 aliphatic rings. The zero-order chi connectivity index (χ0) is 17.4. The Morgan fingerprint density at radius 3 is 2.57 bits per heavy atom. The summed E-state index contributed by atoms with van der Waals surface area (Å²) in [6, 6.07) is 3.89. The van der Waals surface area contributed by atoms with Gasteiger partial charge in [0.1, 0.15) is 5.82 Å². The van der Waals surface area contributed by atoms with Crippen LogP contribution in [0.1, 0.15) is 24.2 Å². The summed E-state index contributed by atoms with van der Waals surface area (Å²) < 4.78 is 18.9. The first-order chi connectivity index (χ1) is 10.9. The molecule has 1 N–H and O–H groups in total. The Kier molecular flexibility index (Phi) is 7.67. The molecule has 0 radical (unpaired) electrons. The first kappa shape index (κ1) is 19.1. The Hall–Kier alpha value is -1.96. The lowest BCUT2D eigenvalue weighted by molar-refractivity contribution is -0.138. The van der Waals surface area contributed by atoms with Crippen molar-refractivity contribution in [3.8, 4) is 0 Å². The summed E-state index contributed by atoms with van der Waals surface area (Å²) in [5.74, 6) is -2.50. The van der Waals surface area contributed by atoms with Gasteiger partial charge in [0, 0.05) is 17.6 Å². The van der Waals surface area contributed by atoms with E-state index >= 15 is 0 Å². The van der Waals surface area contributed by atoms with Crippen molar-refractivity contribution in [1.82, 2.24) is 10.2 Å². The Morgan fingerprint density at radius 1 is 1.30 bits per heavy atom. The van der Waals surface area contributed by atoms with Gasteiger partial charge in [0.15, 0.2) is 6.61 Å². The molecule has 0 saturated carbocycles. The van der Waals surface area contributed by atoms with Crippen LogP contribution in [0.4, 0.5) is 4.39 Å². The molecule has 126 valence electrons. The second-order valence-corrected chi connectivity index (χ2v) is 5.48. The molecule has 0 atom stereocenters. The number of hydrogen-bond acceptors (Lipinski definition) is 4. The SMILES string of the molecule is CCNC(=O)CN(CC)C(=O)COC(=O)c1ccc(Br)cc1F. The molecule has 1 aromatic rings. The van der Waals surface area contributed by atoms with Crippen LogP contribution in [-0.2, 0) is 14.3 Å². The van der Waals surface area contributed by atoms with Crippen molar-refractivity contribution in [2.75, 3.05) is 26.2 Å². The van der Waals surface area contributed by atoms with Gasteiger partial charge in [0.05, 0.1) is 12.1 Å². The van der Waals surface area contributed by atoms with Crippen LogP contribution in [-0.4, -0.2) is 48.9 Å². The summed E-state index contributed by atoms with van der Waals surface area (Å²) in [7, 11) is 0. The molecule has 0 spiro atoms. The van der Waals surface area contributed by atoms with Gasteiger partial charge < -0.3 is 15.0 Å². The largest absolute Gasteiger partial charge is 0.452 e. The third-order valence-electron chi connectivity index (χ3n) is 2.92. The van der Waals surface area contributed by atoms with Crippen LogP contribution in [0.25, 0.3) is 0 Å². The molecule has 1 rings (SSSR count). The summed E-state index contributed by atoms with van der Waals surface area (Å²) in [6.45, 7) is 3.55. The van der Waals surface area contributed by atoms with E-state index in [4.69, 9.17) is 4.74 Å². The Labute approximate surface area is 142 Å². The van der Waals surface area contributed by atoms with E-state index in [0.717, 1.165) is 6.07 Å². The van der Waals surface area contributed by atoms with E-state index < -0.39 is 24.3 Å². The Bertz CT molecular complexity index is 595. The molecule has 0 aliphatic carbocycles. The van der Waals surface area contributed by atoms with Gasteiger partial charge in [-0.25, -0.2) is 9.18 Å². The molecular formula is C15H18BrFN2O4. The van der Waals surface area contributed by atoms with Crippen LogP contribution < -0.4 is 5.32 Å². The van der Waals surface area contributed by atoms with Crippen molar-refractivity contribution in [2.45, 2.75) is 13.8 Å². The van der Waals surface area contributed by atoms with E-state index in [9.17, 15) is 18.8 Å². The number of carbonyl (C=O) groups excluding carboxylic acids is 3. The first-order valence-electron chi connectivity index (χ1n) is 7.05. The number of nitrogens with zero attached hydrogens (tertiary/aromatic N) is 1. The average Bonchev–Trinajstić information content (AvgIpc) is 2.50. The number of hydrogen-bond donors (Lipinski definition) is 1. The van der Waals surface area contributed by atoms with Gasteiger partial charge in [0.2, 0.25) is 5.91 Å². The first-order valence-corrected chi connectivity index (χ1v) is 7.85. The summed E-state index contributed by atoms with van der Waals surface area (Å²) >= 11 is 3.08. The van der Waals surface area contributed by atoms with Crippen molar-refractivity contribution in [2.24, 2.45) is 0 Å². The van der Waals surface area contributed by atoms with Crippen LogP contribution in [0.3, 0.4) is 0 Å². The molecule has 0 aromatic heterocycles. The molecule has 8 heteroatoms. The van der Waals surface area contributed by atoms with E-state index in [1.807, 2.05) is 0 Å². The Balaban J connectivity index is 2.59. The van der Waals surface area contributed by atoms with E-state index in [-0.39, 0.29) is 18.0 Å². The smallest absolute Gasteiger partial charge is 0.341 e. The molecule has 0 unspecified atom stereocenters. The minimum Gasteiger partial charge on any atom is -0.452 e. The highest BCUT2D eigenvalue weighted by Gasteiger charge is 2.19. The minimum absolute atomic E-state index is 0.118. The third-order valence-corrected chi connectivity index (χ3v) is 3.41. The van der Waals surface area contributed by atoms with Crippen LogP contribution >= 0.6 is 15.9 Å². The number of benzene rings is 1. The fraction of sp³-hybridized carbons (Fsp3) is 0.400. The third kappa shape index (κ3) is 5.97. The standard InChI is InChI=1S/C15H18BrFN2O4/c1-3-18-13(20)8-19(4-2)14(21)9-23-15(22)11-6-5-10(16)7-12(11)17/h5-7H,3-4,8-9H2,1-2H3,(H,18,20). The molecule has 0 aliphatic heterocycles. The maximum absolute atomic E-state index is 13.6. The average molecular weight is 389 g/mol. The summed E-state index contributed by atoms with van der Waals surface area (Å²) in [6.07, 6.45) is 0. The fourth-order valence-corrected chi connectivity index (χ4v) is 2.09. The lowest BCUT2D eigenvalue weighted by Crippen LogP contribution is -2.42. The zero-order valence-electron chi connectivity index (χ0n) is 12.9. The normalized spacial score (nSPS) is 10.1. The van der Waals surface area contributed by atoms with E-state index in [1.165, 1.54) is 17.0 Å². The van der Waals surface area contributed by atoms with Crippen molar-refractivity contribution < 1.29 is 23.5 Å². The van der Waals surface area contributed by atoms with Crippen molar-refractivity contribution >= 4 is 33.7 Å². The molecule has 6 nitrogen and oxygen atoms in total. The van der Waals surface area contributed by atoms with Gasteiger partial charge in [-0.05, 0) is 32.0 Å². The highest BCUT2D eigenvalue weighted by atomic mass is 79.9. The van der Waals surface area contributed by atoms with Gasteiger partial charge in [-0.3, -0.25) is 9.59 Å². The summed E-state index contributed by atoms with van der Waals surface area (Å²) in [5, 5.41) is 2.57. The number of halogens is 2. The van der Waals surface area contributed by atoms with E-state index in [2.05, 4.69) is 21.2 Å². The van der Waals surface area contributed by atoms with E-state index in [1.54, 1.807) is 13.8 Å². The monoisotopic (exact) mass is 388 g/mol. The van der Waals surface area contributed by atoms with Gasteiger partial charge in [0.25, 0.3) is 5.91 Å². The summed E-state index contributed by atoms with van der Waals surface area (Å²) in [5.41, 5.74) is -0.257. The topological polar surface area (TPSA) is 75.7 Å². The van der Waals surface area contributed by atoms with Crippen LogP contribution in [0.15, 0.2) is 22.7 Å². The Morgan fingerprint density at radius 2 is 2.00 bits per heavy atom.